The van der Waals surface area contributed by atoms with Crippen LogP contribution in [0.2, 0.25) is 0 Å². The maximum atomic E-state index is 5.36. The molecule has 1 heterocycles. The standard InChI is InChI=1S/C12H17NO3/c1-12(2,5-6-16-13)9-3-4-10-11(7-9)15-8-14-10/h3-4,7H,5-6,8,13H2,1-2H3. The number of hydrogen-bond acceptors (Lipinski definition) is 4. The van der Waals surface area contributed by atoms with Crippen molar-refractivity contribution in [3.05, 3.63) is 23.8 Å². The number of benzene rings is 1. The number of ether oxygens (including phenoxy) is 2. The monoisotopic (exact) mass is 223 g/mol. The second kappa shape index (κ2) is 4.31. The number of hydrogen-bond donors (Lipinski definition) is 1. The van der Waals surface area contributed by atoms with Gasteiger partial charge < -0.3 is 14.3 Å². The third-order valence-electron chi connectivity index (χ3n) is 3.00. The van der Waals surface area contributed by atoms with Gasteiger partial charge in [-0.2, -0.15) is 0 Å². The van der Waals surface area contributed by atoms with E-state index in [4.69, 9.17) is 15.4 Å². The van der Waals surface area contributed by atoms with Gasteiger partial charge in [-0.25, -0.2) is 5.90 Å². The first-order chi connectivity index (χ1) is 7.63. The lowest BCUT2D eigenvalue weighted by Gasteiger charge is -2.24. The lowest BCUT2D eigenvalue weighted by molar-refractivity contribution is 0.121. The molecule has 0 saturated carbocycles. The Bertz CT molecular complexity index is 377. The summed E-state index contributed by atoms with van der Waals surface area (Å²) in [4.78, 5) is 4.64. The van der Waals surface area contributed by atoms with Gasteiger partial charge in [0.05, 0.1) is 6.61 Å². The maximum absolute atomic E-state index is 5.36. The van der Waals surface area contributed by atoms with Crippen molar-refractivity contribution in [3.63, 3.8) is 0 Å². The van der Waals surface area contributed by atoms with Crippen molar-refractivity contribution in [3.8, 4) is 11.5 Å². The lowest BCUT2D eigenvalue weighted by Crippen LogP contribution is -2.20. The van der Waals surface area contributed by atoms with Crippen LogP contribution in [0.4, 0.5) is 0 Å². The normalized spacial score (nSPS) is 14.2. The molecule has 2 N–H and O–H groups in total. The molecule has 1 aliphatic heterocycles. The highest BCUT2D eigenvalue weighted by Gasteiger charge is 2.23. The summed E-state index contributed by atoms with van der Waals surface area (Å²) in [6.45, 7) is 5.17. The molecule has 0 spiro atoms. The van der Waals surface area contributed by atoms with E-state index in [-0.39, 0.29) is 5.41 Å². The summed E-state index contributed by atoms with van der Waals surface area (Å²) in [6.07, 6.45) is 0.864. The molecule has 0 fully saturated rings. The molecule has 2 rings (SSSR count). The molecule has 0 radical (unpaired) electrons. The summed E-state index contributed by atoms with van der Waals surface area (Å²) >= 11 is 0. The summed E-state index contributed by atoms with van der Waals surface area (Å²) in [6, 6.07) is 6.03. The van der Waals surface area contributed by atoms with Crippen molar-refractivity contribution in [1.82, 2.24) is 0 Å². The zero-order valence-electron chi connectivity index (χ0n) is 9.66. The SMILES string of the molecule is CC(C)(CCON)c1ccc2c(c1)OCO2. The van der Waals surface area contributed by atoms with Gasteiger partial charge in [-0.3, -0.25) is 0 Å². The van der Waals surface area contributed by atoms with Gasteiger partial charge >= 0.3 is 0 Å². The minimum absolute atomic E-state index is 0.0142. The fourth-order valence-electron chi connectivity index (χ4n) is 1.78. The molecular weight excluding hydrogens is 206 g/mol. The van der Waals surface area contributed by atoms with Crippen molar-refractivity contribution in [2.24, 2.45) is 5.90 Å². The fraction of sp³-hybridized carbons (Fsp3) is 0.500. The van der Waals surface area contributed by atoms with Crippen LogP contribution in [0.25, 0.3) is 0 Å². The van der Waals surface area contributed by atoms with Crippen molar-refractivity contribution in [1.29, 1.82) is 0 Å². The highest BCUT2D eigenvalue weighted by atomic mass is 16.7. The zero-order chi connectivity index (χ0) is 11.6. The van der Waals surface area contributed by atoms with Crippen molar-refractivity contribution >= 4 is 0 Å². The van der Waals surface area contributed by atoms with E-state index in [0.29, 0.717) is 13.4 Å². The summed E-state index contributed by atoms with van der Waals surface area (Å²) < 4.78 is 10.6. The van der Waals surface area contributed by atoms with Gasteiger partial charge in [0, 0.05) is 0 Å². The third kappa shape index (κ3) is 2.13. The number of fused-ring (bicyclic) bond motifs is 1. The Balaban J connectivity index is 2.20. The molecule has 1 aromatic carbocycles. The minimum Gasteiger partial charge on any atom is -0.454 e. The molecule has 0 aliphatic carbocycles. The Labute approximate surface area is 95.2 Å². The Kier molecular flexibility index (Phi) is 3.03. The van der Waals surface area contributed by atoms with E-state index in [2.05, 4.69) is 24.8 Å². The van der Waals surface area contributed by atoms with Crippen LogP contribution in [0.1, 0.15) is 25.8 Å². The van der Waals surface area contributed by atoms with Crippen LogP contribution in [0.5, 0.6) is 11.5 Å². The molecule has 88 valence electrons. The molecule has 1 aliphatic rings. The topological polar surface area (TPSA) is 53.7 Å². The largest absolute Gasteiger partial charge is 0.454 e. The van der Waals surface area contributed by atoms with Crippen LogP contribution in [-0.4, -0.2) is 13.4 Å². The van der Waals surface area contributed by atoms with Crippen LogP contribution in [-0.2, 0) is 10.3 Å². The molecule has 0 saturated heterocycles. The summed E-state index contributed by atoms with van der Waals surface area (Å²) in [7, 11) is 0. The molecule has 0 aromatic heterocycles. The second-order valence-corrected chi connectivity index (χ2v) is 4.57. The molecule has 4 nitrogen and oxygen atoms in total. The Hall–Kier alpha value is -1.26. The van der Waals surface area contributed by atoms with Gasteiger partial charge in [0.1, 0.15) is 0 Å². The van der Waals surface area contributed by atoms with Crippen molar-refractivity contribution < 1.29 is 14.3 Å². The maximum Gasteiger partial charge on any atom is 0.231 e. The van der Waals surface area contributed by atoms with Crippen LogP contribution in [0.3, 0.4) is 0 Å². The van der Waals surface area contributed by atoms with Crippen LogP contribution in [0.15, 0.2) is 18.2 Å². The van der Waals surface area contributed by atoms with Crippen molar-refractivity contribution in [2.75, 3.05) is 13.4 Å². The smallest absolute Gasteiger partial charge is 0.231 e. The number of nitrogens with two attached hydrogens (primary N) is 1. The van der Waals surface area contributed by atoms with E-state index in [1.807, 2.05) is 12.1 Å². The highest BCUT2D eigenvalue weighted by molar-refractivity contribution is 5.46. The Morgan fingerprint density at radius 1 is 1.31 bits per heavy atom. The van der Waals surface area contributed by atoms with Crippen LogP contribution >= 0.6 is 0 Å². The average molecular weight is 223 g/mol. The molecule has 16 heavy (non-hydrogen) atoms. The summed E-state index contributed by atoms with van der Waals surface area (Å²) in [5, 5.41) is 0. The lowest BCUT2D eigenvalue weighted by atomic mass is 9.82. The highest BCUT2D eigenvalue weighted by Crippen LogP contribution is 2.37. The van der Waals surface area contributed by atoms with Gasteiger partial charge in [-0.05, 0) is 29.5 Å². The summed E-state index contributed by atoms with van der Waals surface area (Å²) in [5.74, 6) is 6.69. The summed E-state index contributed by atoms with van der Waals surface area (Å²) in [5.41, 5.74) is 1.22. The Morgan fingerprint density at radius 2 is 2.06 bits per heavy atom. The first-order valence-corrected chi connectivity index (χ1v) is 5.35. The molecule has 0 bridgehead atoms. The number of rotatable bonds is 4. The quantitative estimate of drug-likeness (QED) is 0.793. The van der Waals surface area contributed by atoms with E-state index >= 15 is 0 Å². The van der Waals surface area contributed by atoms with E-state index < -0.39 is 0 Å². The average Bonchev–Trinajstić information content (AvgIpc) is 2.73. The molecule has 0 amide bonds. The molecule has 1 aromatic rings. The molecule has 0 unspecified atom stereocenters. The van der Waals surface area contributed by atoms with Gasteiger partial charge in [-0.15, -0.1) is 0 Å². The van der Waals surface area contributed by atoms with E-state index in [1.54, 1.807) is 0 Å². The Morgan fingerprint density at radius 3 is 2.81 bits per heavy atom. The predicted octanol–water partition coefficient (Wildman–Crippen LogP) is 1.97. The second-order valence-electron chi connectivity index (χ2n) is 4.57. The van der Waals surface area contributed by atoms with Gasteiger partial charge in [0.2, 0.25) is 6.79 Å². The van der Waals surface area contributed by atoms with Gasteiger partial charge in [-0.1, -0.05) is 19.9 Å². The molecular formula is C12H17NO3. The minimum atomic E-state index is 0.0142. The van der Waals surface area contributed by atoms with Crippen molar-refractivity contribution in [2.45, 2.75) is 25.7 Å². The molecule has 4 heteroatoms. The fourth-order valence-corrected chi connectivity index (χ4v) is 1.78. The van der Waals surface area contributed by atoms with Crippen LogP contribution in [0, 0.1) is 0 Å². The third-order valence-corrected chi connectivity index (χ3v) is 3.00. The van der Waals surface area contributed by atoms with Gasteiger partial charge in [0.15, 0.2) is 11.5 Å². The first-order valence-electron chi connectivity index (χ1n) is 5.35. The predicted molar refractivity (Wildman–Crippen MR) is 60.3 cm³/mol. The zero-order valence-corrected chi connectivity index (χ0v) is 9.66. The molecule has 0 atom stereocenters. The van der Waals surface area contributed by atoms with Crippen LogP contribution < -0.4 is 15.4 Å². The van der Waals surface area contributed by atoms with Gasteiger partial charge in [0.25, 0.3) is 0 Å². The first kappa shape index (κ1) is 11.2. The van der Waals surface area contributed by atoms with E-state index in [0.717, 1.165) is 17.9 Å². The van der Waals surface area contributed by atoms with E-state index in [1.165, 1.54) is 5.56 Å². The van der Waals surface area contributed by atoms with E-state index in [9.17, 15) is 0 Å².